The molecule has 2 atom stereocenters. The minimum Gasteiger partial charge on any atom is -0.478 e. The molecule has 1 aliphatic heterocycles. The molecule has 1 aromatic carbocycles. The van der Waals surface area contributed by atoms with Gasteiger partial charge in [0.2, 0.25) is 5.91 Å². The summed E-state index contributed by atoms with van der Waals surface area (Å²) in [5.74, 6) is 0.0122. The van der Waals surface area contributed by atoms with Crippen LogP contribution in [0, 0.1) is 5.92 Å². The summed E-state index contributed by atoms with van der Waals surface area (Å²) in [4.78, 5) is 25.0. The number of likely N-dealkylation sites (tertiary alicyclic amines) is 1. The van der Waals surface area contributed by atoms with Crippen LogP contribution in [0.1, 0.15) is 60.9 Å². The molecule has 3 rings (SSSR count). The highest BCUT2D eigenvalue weighted by atomic mass is 16.4. The zero-order chi connectivity index (χ0) is 19.2. The Hall–Kier alpha value is -2.14. The van der Waals surface area contributed by atoms with E-state index >= 15 is 0 Å². The number of amides is 1. The Balaban J connectivity index is 1.49. The van der Waals surface area contributed by atoms with Crippen LogP contribution in [-0.4, -0.2) is 45.7 Å². The number of benzene rings is 1. The summed E-state index contributed by atoms with van der Waals surface area (Å²) in [5, 5.41) is 19.1. The molecule has 0 unspecified atom stereocenters. The SMILES string of the molecule is O=C(O)c1ccc(CCN2C(=O)CC[C@@H]2/C=C/[C@@H](O)CCC2CCC2)cc1. The molecular formula is C22H29NO4. The molecule has 1 aromatic rings. The first-order valence-corrected chi connectivity index (χ1v) is 10.0. The number of aromatic carboxylic acids is 1. The van der Waals surface area contributed by atoms with Crippen molar-refractivity contribution in [2.75, 3.05) is 6.54 Å². The van der Waals surface area contributed by atoms with Crippen LogP contribution in [0.2, 0.25) is 0 Å². The Morgan fingerprint density at radius 1 is 1.22 bits per heavy atom. The molecule has 1 aliphatic carbocycles. The van der Waals surface area contributed by atoms with Crippen LogP contribution >= 0.6 is 0 Å². The van der Waals surface area contributed by atoms with Crippen LogP contribution in [0.4, 0.5) is 0 Å². The van der Waals surface area contributed by atoms with E-state index in [0.717, 1.165) is 30.7 Å². The third-order valence-corrected chi connectivity index (χ3v) is 5.87. The Kier molecular flexibility index (Phi) is 6.67. The van der Waals surface area contributed by atoms with Crippen molar-refractivity contribution >= 4 is 11.9 Å². The van der Waals surface area contributed by atoms with E-state index in [1.807, 2.05) is 17.1 Å². The largest absolute Gasteiger partial charge is 0.478 e. The van der Waals surface area contributed by atoms with Crippen LogP contribution in [0.15, 0.2) is 36.4 Å². The van der Waals surface area contributed by atoms with Crippen molar-refractivity contribution in [1.29, 1.82) is 0 Å². The van der Waals surface area contributed by atoms with Gasteiger partial charge in [-0.2, -0.15) is 0 Å². The number of nitrogens with zero attached hydrogens (tertiary/aromatic N) is 1. The Morgan fingerprint density at radius 2 is 1.96 bits per heavy atom. The van der Waals surface area contributed by atoms with E-state index in [9.17, 15) is 14.7 Å². The summed E-state index contributed by atoms with van der Waals surface area (Å²) in [6, 6.07) is 6.85. The molecule has 1 saturated carbocycles. The van der Waals surface area contributed by atoms with Crippen LogP contribution in [0.25, 0.3) is 0 Å². The maximum absolute atomic E-state index is 12.2. The fraction of sp³-hybridized carbons (Fsp3) is 0.545. The van der Waals surface area contributed by atoms with E-state index in [1.165, 1.54) is 19.3 Å². The van der Waals surface area contributed by atoms with Gasteiger partial charge in [-0.3, -0.25) is 4.79 Å². The third-order valence-electron chi connectivity index (χ3n) is 5.87. The van der Waals surface area contributed by atoms with Crippen LogP contribution < -0.4 is 0 Å². The molecule has 5 nitrogen and oxygen atoms in total. The molecule has 146 valence electrons. The predicted octanol–water partition coefficient (Wildman–Crippen LogP) is 3.42. The molecule has 2 N–H and O–H groups in total. The number of carboxylic acids is 1. The molecular weight excluding hydrogens is 342 g/mol. The summed E-state index contributed by atoms with van der Waals surface area (Å²) in [6.07, 6.45) is 11.3. The molecule has 2 aliphatic rings. The van der Waals surface area contributed by atoms with Crippen LogP contribution in [-0.2, 0) is 11.2 Å². The summed E-state index contributed by atoms with van der Waals surface area (Å²) < 4.78 is 0. The van der Waals surface area contributed by atoms with Crippen molar-refractivity contribution in [2.24, 2.45) is 5.92 Å². The Morgan fingerprint density at radius 3 is 2.59 bits per heavy atom. The number of aliphatic hydroxyl groups is 1. The van der Waals surface area contributed by atoms with Gasteiger partial charge in [-0.25, -0.2) is 4.79 Å². The van der Waals surface area contributed by atoms with Gasteiger partial charge in [0, 0.05) is 13.0 Å². The van der Waals surface area contributed by atoms with Crippen molar-refractivity contribution in [3.8, 4) is 0 Å². The second-order valence-corrected chi connectivity index (χ2v) is 7.77. The van der Waals surface area contributed by atoms with E-state index < -0.39 is 12.1 Å². The van der Waals surface area contributed by atoms with Gasteiger partial charge >= 0.3 is 5.97 Å². The first-order valence-electron chi connectivity index (χ1n) is 10.0. The highest BCUT2D eigenvalue weighted by molar-refractivity contribution is 5.87. The zero-order valence-corrected chi connectivity index (χ0v) is 15.7. The smallest absolute Gasteiger partial charge is 0.335 e. The van der Waals surface area contributed by atoms with E-state index in [2.05, 4.69) is 0 Å². The average Bonchev–Trinajstić information content (AvgIpc) is 2.97. The van der Waals surface area contributed by atoms with E-state index in [-0.39, 0.29) is 17.5 Å². The molecule has 1 heterocycles. The zero-order valence-electron chi connectivity index (χ0n) is 15.7. The lowest BCUT2D eigenvalue weighted by Crippen LogP contribution is -2.33. The third kappa shape index (κ3) is 5.42. The summed E-state index contributed by atoms with van der Waals surface area (Å²) >= 11 is 0. The molecule has 27 heavy (non-hydrogen) atoms. The summed E-state index contributed by atoms with van der Waals surface area (Å²) in [7, 11) is 0. The molecule has 1 amide bonds. The highest BCUT2D eigenvalue weighted by Crippen LogP contribution is 2.31. The first kappa shape index (κ1) is 19.6. The Bertz CT molecular complexity index is 678. The molecule has 0 bridgehead atoms. The normalized spacial score (nSPS) is 21.6. The quantitative estimate of drug-likeness (QED) is 0.652. The van der Waals surface area contributed by atoms with Gasteiger partial charge in [0.25, 0.3) is 0 Å². The Labute approximate surface area is 160 Å². The van der Waals surface area contributed by atoms with E-state index in [4.69, 9.17) is 5.11 Å². The highest BCUT2D eigenvalue weighted by Gasteiger charge is 2.28. The fourth-order valence-electron chi connectivity index (χ4n) is 3.85. The first-order chi connectivity index (χ1) is 13.0. The van der Waals surface area contributed by atoms with Gasteiger partial charge in [-0.15, -0.1) is 0 Å². The van der Waals surface area contributed by atoms with E-state index in [1.54, 1.807) is 24.3 Å². The monoisotopic (exact) mass is 371 g/mol. The van der Waals surface area contributed by atoms with Gasteiger partial charge in [-0.05, 0) is 49.3 Å². The van der Waals surface area contributed by atoms with Crippen molar-refractivity contribution in [3.63, 3.8) is 0 Å². The maximum Gasteiger partial charge on any atom is 0.335 e. The standard InChI is InChI=1S/C22H29NO4/c24-20(11-6-16-2-1-3-16)12-9-19-10-13-21(25)23(19)15-14-17-4-7-18(8-5-17)22(26)27/h4-5,7-9,12,16,19-20,24H,1-3,6,10-11,13-15H2,(H,26,27)/b12-9+/t19-,20-/m0/s1. The topological polar surface area (TPSA) is 77.8 Å². The van der Waals surface area contributed by atoms with E-state index in [0.29, 0.717) is 19.4 Å². The average molecular weight is 371 g/mol. The van der Waals surface area contributed by atoms with Crippen molar-refractivity contribution < 1.29 is 19.8 Å². The fourth-order valence-corrected chi connectivity index (χ4v) is 3.85. The lowest BCUT2D eigenvalue weighted by molar-refractivity contribution is -0.128. The number of rotatable bonds is 9. The second-order valence-electron chi connectivity index (χ2n) is 7.77. The van der Waals surface area contributed by atoms with Crippen molar-refractivity contribution in [1.82, 2.24) is 4.90 Å². The van der Waals surface area contributed by atoms with Crippen LogP contribution in [0.5, 0.6) is 0 Å². The summed E-state index contributed by atoms with van der Waals surface area (Å²) in [5.41, 5.74) is 1.29. The second kappa shape index (κ2) is 9.18. The number of hydrogen-bond acceptors (Lipinski definition) is 3. The number of carboxylic acid groups (broad SMARTS) is 1. The maximum atomic E-state index is 12.2. The number of hydrogen-bond donors (Lipinski definition) is 2. The lowest BCUT2D eigenvalue weighted by Gasteiger charge is -2.26. The summed E-state index contributed by atoms with van der Waals surface area (Å²) in [6.45, 7) is 0.610. The minimum absolute atomic E-state index is 0.0501. The lowest BCUT2D eigenvalue weighted by atomic mass is 9.81. The van der Waals surface area contributed by atoms with Crippen molar-refractivity contribution in [2.45, 2.75) is 63.5 Å². The number of carbonyl (C=O) groups excluding carboxylic acids is 1. The number of carbonyl (C=O) groups is 2. The van der Waals surface area contributed by atoms with Gasteiger partial charge in [0.15, 0.2) is 0 Å². The molecule has 1 saturated heterocycles. The number of aliphatic hydroxyl groups excluding tert-OH is 1. The molecule has 0 spiro atoms. The van der Waals surface area contributed by atoms with Gasteiger partial charge in [-0.1, -0.05) is 43.5 Å². The van der Waals surface area contributed by atoms with Crippen LogP contribution in [0.3, 0.4) is 0 Å². The minimum atomic E-state index is -0.933. The van der Waals surface area contributed by atoms with Gasteiger partial charge < -0.3 is 15.1 Å². The molecule has 5 heteroatoms. The molecule has 0 aromatic heterocycles. The predicted molar refractivity (Wildman–Crippen MR) is 104 cm³/mol. The van der Waals surface area contributed by atoms with Crippen molar-refractivity contribution in [3.05, 3.63) is 47.5 Å². The molecule has 0 radical (unpaired) electrons. The molecule has 2 fully saturated rings. The van der Waals surface area contributed by atoms with Gasteiger partial charge in [0.05, 0.1) is 17.7 Å². The van der Waals surface area contributed by atoms with Gasteiger partial charge in [0.1, 0.15) is 0 Å².